The zero-order valence-electron chi connectivity index (χ0n) is 17.6. The van der Waals surface area contributed by atoms with Gasteiger partial charge in [-0.15, -0.1) is 5.10 Å². The van der Waals surface area contributed by atoms with Crippen molar-refractivity contribution >= 4 is 17.4 Å². The molecule has 2 aromatic heterocycles. The lowest BCUT2D eigenvalue weighted by molar-refractivity contribution is -0.116. The van der Waals surface area contributed by atoms with Gasteiger partial charge in [0.2, 0.25) is 11.7 Å². The van der Waals surface area contributed by atoms with Gasteiger partial charge in [0, 0.05) is 11.3 Å². The molecule has 4 aromatic rings. The van der Waals surface area contributed by atoms with Gasteiger partial charge in [-0.2, -0.15) is 4.98 Å². The molecule has 31 heavy (non-hydrogen) atoms. The molecule has 9 nitrogen and oxygen atoms in total. The monoisotopic (exact) mass is 417 g/mol. The Labute approximate surface area is 179 Å². The Hall–Kier alpha value is -4.01. The Morgan fingerprint density at radius 3 is 2.68 bits per heavy atom. The van der Waals surface area contributed by atoms with Crippen LogP contribution in [-0.4, -0.2) is 31.0 Å². The fourth-order valence-corrected chi connectivity index (χ4v) is 3.25. The van der Waals surface area contributed by atoms with Crippen LogP contribution in [-0.2, 0) is 17.8 Å². The Balaban J connectivity index is 1.51. The second kappa shape index (κ2) is 8.39. The molecule has 0 atom stereocenters. The number of nitrogens with zero attached hydrogens (tertiary/aromatic N) is 5. The third-order valence-electron chi connectivity index (χ3n) is 5.01. The van der Waals surface area contributed by atoms with Crippen molar-refractivity contribution in [3.63, 3.8) is 0 Å². The molecule has 158 valence electrons. The zero-order chi connectivity index (χ0) is 22.0. The predicted octanol–water partition coefficient (Wildman–Crippen LogP) is 3.40. The first-order chi connectivity index (χ1) is 15.0. The normalized spacial score (nSPS) is 10.9. The van der Waals surface area contributed by atoms with Crippen molar-refractivity contribution in [2.75, 3.05) is 11.1 Å². The van der Waals surface area contributed by atoms with Crippen molar-refractivity contribution in [1.82, 2.24) is 25.1 Å². The summed E-state index contributed by atoms with van der Waals surface area (Å²) >= 11 is 0. The van der Waals surface area contributed by atoms with Gasteiger partial charge in [0.05, 0.1) is 0 Å². The van der Waals surface area contributed by atoms with Gasteiger partial charge in [-0.1, -0.05) is 65.3 Å². The van der Waals surface area contributed by atoms with E-state index in [2.05, 4.69) is 25.8 Å². The minimum atomic E-state index is -0.252. The van der Waals surface area contributed by atoms with Crippen LogP contribution in [0.15, 0.2) is 47.0 Å². The number of aromatic nitrogens is 5. The third-order valence-corrected chi connectivity index (χ3v) is 5.01. The SMILES string of the molecule is CCc1cccc(C)c1NC(=O)Cn1nnc(-c2nc(-c3ccc(C)cc3)no2)c1N. The summed E-state index contributed by atoms with van der Waals surface area (Å²) < 4.78 is 6.63. The molecule has 9 heteroatoms. The fourth-order valence-electron chi connectivity index (χ4n) is 3.25. The molecule has 4 rings (SSSR count). The zero-order valence-corrected chi connectivity index (χ0v) is 17.6. The van der Waals surface area contributed by atoms with E-state index in [4.69, 9.17) is 10.3 Å². The molecule has 0 radical (unpaired) electrons. The molecule has 0 aliphatic heterocycles. The van der Waals surface area contributed by atoms with Crippen LogP contribution in [0.5, 0.6) is 0 Å². The molecule has 0 saturated heterocycles. The number of carbonyl (C=O) groups excluding carboxylic acids is 1. The molecule has 2 aromatic carbocycles. The van der Waals surface area contributed by atoms with Gasteiger partial charge in [0.1, 0.15) is 6.54 Å². The summed E-state index contributed by atoms with van der Waals surface area (Å²) in [5.74, 6) is 0.494. The molecule has 0 bridgehead atoms. The number of nitrogens with two attached hydrogens (primary N) is 1. The second-order valence-corrected chi connectivity index (χ2v) is 7.28. The van der Waals surface area contributed by atoms with Crippen molar-refractivity contribution in [2.45, 2.75) is 33.7 Å². The van der Waals surface area contributed by atoms with Crippen LogP contribution in [0.2, 0.25) is 0 Å². The van der Waals surface area contributed by atoms with Gasteiger partial charge < -0.3 is 15.6 Å². The van der Waals surface area contributed by atoms with Crippen LogP contribution in [0, 0.1) is 13.8 Å². The summed E-state index contributed by atoms with van der Waals surface area (Å²) in [7, 11) is 0. The van der Waals surface area contributed by atoms with Crippen molar-refractivity contribution in [1.29, 1.82) is 0 Å². The highest BCUT2D eigenvalue weighted by Crippen LogP contribution is 2.25. The summed E-state index contributed by atoms with van der Waals surface area (Å²) in [6, 6.07) is 13.7. The quantitative estimate of drug-likeness (QED) is 0.492. The van der Waals surface area contributed by atoms with E-state index in [1.54, 1.807) is 0 Å². The van der Waals surface area contributed by atoms with Crippen molar-refractivity contribution in [2.24, 2.45) is 0 Å². The summed E-state index contributed by atoms with van der Waals surface area (Å²) in [5.41, 5.74) is 11.2. The van der Waals surface area contributed by atoms with E-state index in [1.807, 2.05) is 63.2 Å². The smallest absolute Gasteiger partial charge is 0.282 e. The molecular weight excluding hydrogens is 394 g/mol. The number of para-hydroxylation sites is 1. The molecule has 3 N–H and O–H groups in total. The number of anilines is 2. The van der Waals surface area contributed by atoms with E-state index in [9.17, 15) is 4.79 Å². The van der Waals surface area contributed by atoms with Crippen LogP contribution < -0.4 is 11.1 Å². The highest BCUT2D eigenvalue weighted by atomic mass is 16.5. The maximum atomic E-state index is 12.6. The van der Waals surface area contributed by atoms with Gasteiger partial charge in [-0.05, 0) is 31.4 Å². The van der Waals surface area contributed by atoms with Crippen LogP contribution >= 0.6 is 0 Å². The van der Waals surface area contributed by atoms with Crippen LogP contribution in [0.4, 0.5) is 11.5 Å². The maximum Gasteiger partial charge on any atom is 0.282 e. The minimum Gasteiger partial charge on any atom is -0.382 e. The topological polar surface area (TPSA) is 125 Å². The molecule has 2 heterocycles. The van der Waals surface area contributed by atoms with Crippen molar-refractivity contribution in [3.05, 3.63) is 59.2 Å². The summed E-state index contributed by atoms with van der Waals surface area (Å²) in [6.07, 6.45) is 0.813. The number of hydrogen-bond donors (Lipinski definition) is 2. The maximum absolute atomic E-state index is 12.6. The Morgan fingerprint density at radius 1 is 1.16 bits per heavy atom. The summed E-state index contributed by atoms with van der Waals surface area (Å²) in [6.45, 7) is 5.91. The highest BCUT2D eigenvalue weighted by Gasteiger charge is 2.20. The minimum absolute atomic E-state index is 0.0880. The number of nitrogens with one attached hydrogen (secondary N) is 1. The van der Waals surface area contributed by atoms with Gasteiger partial charge in [-0.3, -0.25) is 4.79 Å². The Morgan fingerprint density at radius 2 is 1.94 bits per heavy atom. The molecule has 0 fully saturated rings. The third kappa shape index (κ3) is 4.16. The van der Waals surface area contributed by atoms with Gasteiger partial charge in [0.15, 0.2) is 11.5 Å². The Kier molecular flexibility index (Phi) is 5.48. The van der Waals surface area contributed by atoms with Crippen LogP contribution in [0.3, 0.4) is 0 Å². The van der Waals surface area contributed by atoms with E-state index >= 15 is 0 Å². The molecule has 0 unspecified atom stereocenters. The van der Waals surface area contributed by atoms with Gasteiger partial charge in [-0.25, -0.2) is 4.68 Å². The number of benzene rings is 2. The van der Waals surface area contributed by atoms with Crippen LogP contribution in [0.1, 0.15) is 23.6 Å². The van der Waals surface area contributed by atoms with E-state index in [0.29, 0.717) is 5.82 Å². The first-order valence-corrected chi connectivity index (χ1v) is 9.94. The first kappa shape index (κ1) is 20.3. The highest BCUT2D eigenvalue weighted by molar-refractivity contribution is 5.92. The average molecular weight is 417 g/mol. The lowest BCUT2D eigenvalue weighted by Crippen LogP contribution is -2.21. The number of hydrogen-bond acceptors (Lipinski definition) is 7. The van der Waals surface area contributed by atoms with Crippen LogP contribution in [0.25, 0.3) is 23.0 Å². The molecule has 0 aliphatic rings. The summed E-state index contributed by atoms with van der Waals surface area (Å²) in [4.78, 5) is 17.0. The lowest BCUT2D eigenvalue weighted by Gasteiger charge is -2.13. The first-order valence-electron chi connectivity index (χ1n) is 9.94. The molecule has 1 amide bonds. The largest absolute Gasteiger partial charge is 0.382 e. The number of nitrogen functional groups attached to an aromatic ring is 1. The second-order valence-electron chi connectivity index (χ2n) is 7.28. The summed E-state index contributed by atoms with van der Waals surface area (Å²) in [5, 5.41) is 15.0. The molecule has 0 spiro atoms. The van der Waals surface area contributed by atoms with Gasteiger partial charge >= 0.3 is 0 Å². The van der Waals surface area contributed by atoms with Crippen molar-refractivity contribution < 1.29 is 9.32 Å². The fraction of sp³-hybridized carbons (Fsp3) is 0.227. The van der Waals surface area contributed by atoms with E-state index in [1.165, 1.54) is 4.68 Å². The van der Waals surface area contributed by atoms with E-state index in [0.717, 1.165) is 34.4 Å². The standard InChI is InChI=1S/C22H23N7O2/c1-4-15-7-5-6-14(3)18(15)24-17(30)12-29-20(23)19(26-28-29)22-25-21(27-31-22)16-10-8-13(2)9-11-16/h5-11H,4,12,23H2,1-3H3,(H,24,30). The number of carbonyl (C=O) groups is 1. The van der Waals surface area contributed by atoms with E-state index in [-0.39, 0.29) is 29.9 Å². The van der Waals surface area contributed by atoms with Crippen molar-refractivity contribution in [3.8, 4) is 23.0 Å². The molecular formula is C22H23N7O2. The number of amides is 1. The predicted molar refractivity (Wildman–Crippen MR) is 117 cm³/mol. The molecule has 0 saturated carbocycles. The van der Waals surface area contributed by atoms with E-state index < -0.39 is 0 Å². The number of rotatable bonds is 6. The lowest BCUT2D eigenvalue weighted by atomic mass is 10.1. The Bertz CT molecular complexity index is 1230. The van der Waals surface area contributed by atoms with Gasteiger partial charge in [0.25, 0.3) is 5.89 Å². The average Bonchev–Trinajstić information content (AvgIpc) is 3.37. The molecule has 0 aliphatic carbocycles. The number of aryl methyl sites for hydroxylation is 3.